The number of nitrogens with zero attached hydrogens (tertiary/aromatic N) is 5. The third kappa shape index (κ3) is 3.41. The van der Waals surface area contributed by atoms with Crippen molar-refractivity contribution in [3.8, 4) is 0 Å². The lowest BCUT2D eigenvalue weighted by molar-refractivity contribution is 0.123. The maximum absolute atomic E-state index is 13.4. The van der Waals surface area contributed by atoms with E-state index in [4.69, 9.17) is 4.98 Å². The predicted octanol–water partition coefficient (Wildman–Crippen LogP) is 4.25. The van der Waals surface area contributed by atoms with E-state index in [9.17, 15) is 13.6 Å². The maximum Gasteiger partial charge on any atom is 0.261 e. The molecule has 0 saturated carbocycles. The Balaban J connectivity index is 1.67. The van der Waals surface area contributed by atoms with Crippen LogP contribution in [-0.2, 0) is 6.54 Å². The molecular formula is C23H21F2N5O. The summed E-state index contributed by atoms with van der Waals surface area (Å²) < 4.78 is 27.9. The summed E-state index contributed by atoms with van der Waals surface area (Å²) in [6, 6.07) is 14.2. The third-order valence-corrected chi connectivity index (χ3v) is 5.75. The molecule has 6 nitrogen and oxygen atoms in total. The fourth-order valence-corrected chi connectivity index (χ4v) is 4.39. The van der Waals surface area contributed by atoms with E-state index in [1.807, 2.05) is 36.1 Å². The minimum atomic E-state index is -2.66. The zero-order valence-corrected chi connectivity index (χ0v) is 17.0. The molecule has 1 atom stereocenters. The Bertz CT molecular complexity index is 1340. The lowest BCUT2D eigenvalue weighted by atomic mass is 10.1. The summed E-state index contributed by atoms with van der Waals surface area (Å²) >= 11 is 0. The number of aryl methyl sites for hydroxylation is 1. The van der Waals surface area contributed by atoms with Crippen LogP contribution in [0, 0.1) is 6.92 Å². The second kappa shape index (κ2) is 7.68. The van der Waals surface area contributed by atoms with Gasteiger partial charge in [0, 0.05) is 6.54 Å². The normalized spacial score (nSPS) is 16.6. The number of alkyl halides is 2. The molecule has 8 heteroatoms. The molecule has 0 aliphatic carbocycles. The molecule has 1 aliphatic rings. The molecule has 0 amide bonds. The standard InChI is InChI=1S/C23H21F2N5O/c1-14-21(28-18-10-5-4-9-17(18)26-14)29-12-6-11-19(29)22-27-16-8-3-2-7-15(16)23(31)30(22)13-20(24)25/h2-5,7-10,19-20H,6,11-13H2,1H3. The highest BCUT2D eigenvalue weighted by molar-refractivity contribution is 5.78. The van der Waals surface area contributed by atoms with Crippen LogP contribution in [0.5, 0.6) is 0 Å². The van der Waals surface area contributed by atoms with Crippen LogP contribution >= 0.6 is 0 Å². The first-order valence-corrected chi connectivity index (χ1v) is 10.3. The zero-order chi connectivity index (χ0) is 21.5. The summed E-state index contributed by atoms with van der Waals surface area (Å²) in [7, 11) is 0. The highest BCUT2D eigenvalue weighted by atomic mass is 19.3. The van der Waals surface area contributed by atoms with Crippen LogP contribution in [0.4, 0.5) is 14.6 Å². The van der Waals surface area contributed by atoms with E-state index in [0.29, 0.717) is 35.5 Å². The van der Waals surface area contributed by atoms with Gasteiger partial charge in [0.15, 0.2) is 5.82 Å². The monoisotopic (exact) mass is 421 g/mol. The lowest BCUT2D eigenvalue weighted by Crippen LogP contribution is -2.34. The molecule has 158 valence electrons. The van der Waals surface area contributed by atoms with Crippen LogP contribution in [0.15, 0.2) is 53.3 Å². The molecule has 1 saturated heterocycles. The Morgan fingerprint density at radius 2 is 1.68 bits per heavy atom. The van der Waals surface area contributed by atoms with E-state index < -0.39 is 18.5 Å². The van der Waals surface area contributed by atoms with Gasteiger partial charge in [-0.3, -0.25) is 9.36 Å². The molecule has 31 heavy (non-hydrogen) atoms. The second-order valence-corrected chi connectivity index (χ2v) is 7.77. The van der Waals surface area contributed by atoms with Crippen LogP contribution in [0.3, 0.4) is 0 Å². The molecule has 2 aromatic heterocycles. The first-order chi connectivity index (χ1) is 15.0. The average Bonchev–Trinajstić information content (AvgIpc) is 3.24. The number of hydrogen-bond acceptors (Lipinski definition) is 5. The summed E-state index contributed by atoms with van der Waals surface area (Å²) in [5.74, 6) is 1.06. The van der Waals surface area contributed by atoms with Gasteiger partial charge in [-0.05, 0) is 44.0 Å². The highest BCUT2D eigenvalue weighted by Crippen LogP contribution is 2.36. The number of para-hydroxylation sites is 3. The molecular weight excluding hydrogens is 400 g/mol. The first kappa shape index (κ1) is 19.5. The van der Waals surface area contributed by atoms with Crippen molar-refractivity contribution in [2.24, 2.45) is 0 Å². The van der Waals surface area contributed by atoms with Gasteiger partial charge in [0.25, 0.3) is 12.0 Å². The Labute approximate surface area is 177 Å². The molecule has 0 spiro atoms. The van der Waals surface area contributed by atoms with E-state index in [1.54, 1.807) is 24.3 Å². The molecule has 3 heterocycles. The summed E-state index contributed by atoms with van der Waals surface area (Å²) in [5.41, 5.74) is 2.41. The third-order valence-electron chi connectivity index (χ3n) is 5.75. The minimum Gasteiger partial charge on any atom is -0.345 e. The van der Waals surface area contributed by atoms with Crippen molar-refractivity contribution in [1.29, 1.82) is 0 Å². The van der Waals surface area contributed by atoms with Crippen LogP contribution < -0.4 is 10.5 Å². The molecule has 5 rings (SSSR count). The van der Waals surface area contributed by atoms with Crippen molar-refractivity contribution in [2.75, 3.05) is 11.4 Å². The van der Waals surface area contributed by atoms with Crippen molar-refractivity contribution in [3.63, 3.8) is 0 Å². The van der Waals surface area contributed by atoms with Crippen molar-refractivity contribution in [2.45, 2.75) is 38.8 Å². The second-order valence-electron chi connectivity index (χ2n) is 7.77. The molecule has 4 aromatic rings. The lowest BCUT2D eigenvalue weighted by Gasteiger charge is -2.28. The summed E-state index contributed by atoms with van der Waals surface area (Å²) in [6.07, 6.45) is -1.12. The Kier molecular flexibility index (Phi) is 4.84. The number of hydrogen-bond donors (Lipinski definition) is 0. The predicted molar refractivity (Wildman–Crippen MR) is 116 cm³/mol. The van der Waals surface area contributed by atoms with E-state index in [2.05, 4.69) is 9.97 Å². The zero-order valence-electron chi connectivity index (χ0n) is 17.0. The van der Waals surface area contributed by atoms with Gasteiger partial charge < -0.3 is 4.90 Å². The summed E-state index contributed by atoms with van der Waals surface area (Å²) in [5, 5.41) is 0.345. The van der Waals surface area contributed by atoms with Gasteiger partial charge in [0.1, 0.15) is 5.82 Å². The molecule has 1 fully saturated rings. The van der Waals surface area contributed by atoms with Gasteiger partial charge in [-0.2, -0.15) is 0 Å². The maximum atomic E-state index is 13.4. The van der Waals surface area contributed by atoms with Crippen LogP contribution in [-0.4, -0.2) is 32.5 Å². The summed E-state index contributed by atoms with van der Waals surface area (Å²) in [6.45, 7) is 1.90. The van der Waals surface area contributed by atoms with Crippen molar-refractivity contribution in [1.82, 2.24) is 19.5 Å². The highest BCUT2D eigenvalue weighted by Gasteiger charge is 2.33. The molecule has 2 aromatic carbocycles. The summed E-state index contributed by atoms with van der Waals surface area (Å²) in [4.78, 5) is 29.3. The van der Waals surface area contributed by atoms with Gasteiger partial charge in [0.05, 0.1) is 40.2 Å². The van der Waals surface area contributed by atoms with Gasteiger partial charge in [-0.15, -0.1) is 0 Å². The van der Waals surface area contributed by atoms with Gasteiger partial charge in [-0.1, -0.05) is 24.3 Å². The molecule has 1 unspecified atom stereocenters. The van der Waals surface area contributed by atoms with Crippen molar-refractivity contribution >= 4 is 27.8 Å². The minimum absolute atomic E-state index is 0.329. The van der Waals surface area contributed by atoms with Crippen LogP contribution in [0.1, 0.15) is 30.4 Å². The number of rotatable bonds is 4. The SMILES string of the molecule is Cc1nc2ccccc2nc1N1CCCC1c1nc2ccccc2c(=O)n1CC(F)F. The molecule has 1 aliphatic heterocycles. The Hall–Kier alpha value is -3.42. The number of anilines is 1. The number of benzene rings is 2. The Morgan fingerprint density at radius 3 is 2.42 bits per heavy atom. The van der Waals surface area contributed by atoms with E-state index in [-0.39, 0.29) is 6.04 Å². The van der Waals surface area contributed by atoms with E-state index in [0.717, 1.165) is 27.7 Å². The fraction of sp³-hybridized carbons (Fsp3) is 0.304. The quantitative estimate of drug-likeness (QED) is 0.493. The molecule has 0 radical (unpaired) electrons. The smallest absolute Gasteiger partial charge is 0.261 e. The topological polar surface area (TPSA) is 63.9 Å². The van der Waals surface area contributed by atoms with Crippen molar-refractivity contribution in [3.05, 3.63) is 70.4 Å². The number of aromatic nitrogens is 4. The van der Waals surface area contributed by atoms with Crippen LogP contribution in [0.25, 0.3) is 21.9 Å². The number of fused-ring (bicyclic) bond motifs is 2. The van der Waals surface area contributed by atoms with Gasteiger partial charge >= 0.3 is 0 Å². The first-order valence-electron chi connectivity index (χ1n) is 10.3. The molecule has 0 N–H and O–H groups in total. The van der Waals surface area contributed by atoms with E-state index >= 15 is 0 Å². The Morgan fingerprint density at radius 1 is 1.00 bits per heavy atom. The van der Waals surface area contributed by atoms with Gasteiger partial charge in [-0.25, -0.2) is 23.7 Å². The van der Waals surface area contributed by atoms with E-state index in [1.165, 1.54) is 0 Å². The largest absolute Gasteiger partial charge is 0.345 e. The van der Waals surface area contributed by atoms with Gasteiger partial charge in [0.2, 0.25) is 0 Å². The average molecular weight is 421 g/mol. The number of halogens is 2. The van der Waals surface area contributed by atoms with Crippen molar-refractivity contribution < 1.29 is 8.78 Å². The fourth-order valence-electron chi connectivity index (χ4n) is 4.39. The van der Waals surface area contributed by atoms with Crippen LogP contribution in [0.2, 0.25) is 0 Å². The molecule has 0 bridgehead atoms.